The quantitative estimate of drug-likeness (QED) is 0.0300. The average molecular weight is 699 g/mol. The minimum absolute atomic E-state index is 0.00786. The van der Waals surface area contributed by atoms with E-state index >= 15 is 0 Å². The zero-order valence-corrected chi connectivity index (χ0v) is 32.6. The van der Waals surface area contributed by atoms with Crippen LogP contribution < -0.4 is 10.2 Å². The van der Waals surface area contributed by atoms with Crippen molar-refractivity contribution >= 4 is 13.7 Å². The molecule has 282 valence electrons. The summed E-state index contributed by atoms with van der Waals surface area (Å²) in [5.41, 5.74) is 0. The van der Waals surface area contributed by atoms with Crippen molar-refractivity contribution in [3.63, 3.8) is 0 Å². The van der Waals surface area contributed by atoms with E-state index in [9.17, 15) is 19.4 Å². The lowest BCUT2D eigenvalue weighted by atomic mass is 10.1. The smallest absolute Gasteiger partial charge is 0.268 e. The van der Waals surface area contributed by atoms with Gasteiger partial charge in [0.25, 0.3) is 7.82 Å². The summed E-state index contributed by atoms with van der Waals surface area (Å²) in [4.78, 5) is 25.1. The van der Waals surface area contributed by atoms with E-state index in [4.69, 9.17) is 9.05 Å². The largest absolute Gasteiger partial charge is 0.756 e. The lowest BCUT2D eigenvalue weighted by molar-refractivity contribution is -0.870. The number of aliphatic hydroxyl groups is 1. The molecule has 0 saturated carbocycles. The lowest BCUT2D eigenvalue weighted by Gasteiger charge is -2.29. The topological polar surface area (TPSA) is 108 Å². The number of carbonyl (C=O) groups excluding carboxylic acids is 1. The molecule has 9 heteroatoms. The van der Waals surface area contributed by atoms with Crippen LogP contribution in [0.3, 0.4) is 0 Å². The minimum atomic E-state index is -4.58. The molecule has 0 aliphatic carbocycles. The number of hydrogen-bond donors (Lipinski definition) is 2. The van der Waals surface area contributed by atoms with E-state index in [2.05, 4.69) is 43.5 Å². The highest BCUT2D eigenvalue weighted by Crippen LogP contribution is 2.38. The number of rotatable bonds is 34. The van der Waals surface area contributed by atoms with Gasteiger partial charge in [-0.3, -0.25) is 9.36 Å². The molecule has 3 unspecified atom stereocenters. The van der Waals surface area contributed by atoms with Crippen molar-refractivity contribution in [2.75, 3.05) is 40.9 Å². The van der Waals surface area contributed by atoms with Crippen LogP contribution in [0, 0.1) is 0 Å². The van der Waals surface area contributed by atoms with Crippen LogP contribution in [-0.2, 0) is 18.4 Å². The predicted octanol–water partition coefficient (Wildman–Crippen LogP) is 9.33. The van der Waals surface area contributed by atoms with Crippen LogP contribution in [0.2, 0.25) is 0 Å². The standard InChI is InChI=1S/C39H75N2O6P/c1-6-8-10-12-14-16-17-18-19-20-21-22-23-25-27-29-31-33-39(43)40-37(36-47-48(44,45)46-35-34-41(3,4)5)38(42)32-30-28-26-24-15-13-11-9-7-2/h15,18-19,24,30,32,37-38,42H,6-14,16-17,20-23,25-29,31,33-36H2,1-5H3,(H-,40,43,44,45)/b19-18-,24-15+,32-30+. The van der Waals surface area contributed by atoms with Gasteiger partial charge in [0.05, 0.1) is 39.9 Å². The normalized spacial score (nSPS) is 15.1. The molecule has 8 nitrogen and oxygen atoms in total. The van der Waals surface area contributed by atoms with Gasteiger partial charge in [-0.05, 0) is 57.8 Å². The van der Waals surface area contributed by atoms with Gasteiger partial charge in [-0.25, -0.2) is 0 Å². The summed E-state index contributed by atoms with van der Waals surface area (Å²) in [6.45, 7) is 4.54. The first-order valence-electron chi connectivity index (χ1n) is 19.4. The molecular formula is C39H75N2O6P. The van der Waals surface area contributed by atoms with E-state index in [-0.39, 0.29) is 12.5 Å². The van der Waals surface area contributed by atoms with Gasteiger partial charge in [0.2, 0.25) is 5.91 Å². The van der Waals surface area contributed by atoms with Gasteiger partial charge in [0, 0.05) is 6.42 Å². The van der Waals surface area contributed by atoms with Gasteiger partial charge in [-0.2, -0.15) is 0 Å². The van der Waals surface area contributed by atoms with Crippen LogP contribution >= 0.6 is 7.82 Å². The molecule has 0 bridgehead atoms. The Hall–Kier alpha value is -1.28. The van der Waals surface area contributed by atoms with Crippen molar-refractivity contribution in [3.8, 4) is 0 Å². The van der Waals surface area contributed by atoms with Crippen LogP contribution in [0.15, 0.2) is 36.5 Å². The number of amides is 1. The summed E-state index contributed by atoms with van der Waals surface area (Å²) in [5, 5.41) is 13.6. The molecule has 0 aromatic carbocycles. The van der Waals surface area contributed by atoms with Crippen molar-refractivity contribution in [2.45, 2.75) is 167 Å². The van der Waals surface area contributed by atoms with Gasteiger partial charge in [0.1, 0.15) is 13.2 Å². The van der Waals surface area contributed by atoms with E-state index in [1.807, 2.05) is 27.2 Å². The van der Waals surface area contributed by atoms with Gasteiger partial charge in [-0.1, -0.05) is 127 Å². The third kappa shape index (κ3) is 33.2. The zero-order chi connectivity index (χ0) is 35.8. The fraction of sp³-hybridized carbons (Fsp3) is 0.821. The number of phosphoric ester groups is 1. The number of unbranched alkanes of at least 4 members (excludes halogenated alkanes) is 17. The number of nitrogens with zero attached hydrogens (tertiary/aromatic N) is 1. The van der Waals surface area contributed by atoms with Crippen LogP contribution in [0.4, 0.5) is 0 Å². The van der Waals surface area contributed by atoms with Crippen molar-refractivity contribution in [3.05, 3.63) is 36.5 Å². The number of aliphatic hydroxyl groups excluding tert-OH is 1. The first-order chi connectivity index (χ1) is 23.0. The lowest BCUT2D eigenvalue weighted by Crippen LogP contribution is -2.45. The summed E-state index contributed by atoms with van der Waals surface area (Å²) in [5.74, 6) is -0.217. The molecule has 48 heavy (non-hydrogen) atoms. The van der Waals surface area contributed by atoms with Gasteiger partial charge in [-0.15, -0.1) is 0 Å². The number of carbonyl (C=O) groups is 1. The fourth-order valence-corrected chi connectivity index (χ4v) is 5.88. The van der Waals surface area contributed by atoms with Gasteiger partial charge >= 0.3 is 0 Å². The highest BCUT2D eigenvalue weighted by atomic mass is 31.2. The van der Waals surface area contributed by atoms with Crippen LogP contribution in [-0.4, -0.2) is 68.5 Å². The van der Waals surface area contributed by atoms with E-state index in [0.717, 1.165) is 38.5 Å². The Morgan fingerprint density at radius 1 is 0.708 bits per heavy atom. The molecule has 2 N–H and O–H groups in total. The Morgan fingerprint density at radius 2 is 1.17 bits per heavy atom. The first kappa shape index (κ1) is 46.7. The van der Waals surface area contributed by atoms with Gasteiger partial charge < -0.3 is 28.8 Å². The summed E-state index contributed by atoms with van der Waals surface area (Å²) < 4.78 is 23.0. The molecule has 1 amide bonds. The van der Waals surface area contributed by atoms with Crippen molar-refractivity contribution in [1.29, 1.82) is 0 Å². The van der Waals surface area contributed by atoms with Crippen LogP contribution in [0.1, 0.15) is 155 Å². The first-order valence-corrected chi connectivity index (χ1v) is 20.8. The highest BCUT2D eigenvalue weighted by molar-refractivity contribution is 7.45. The molecule has 0 aromatic heterocycles. The number of quaternary nitrogens is 1. The molecule has 0 radical (unpaired) electrons. The maximum atomic E-state index is 12.8. The number of phosphoric acid groups is 1. The minimum Gasteiger partial charge on any atom is -0.756 e. The molecule has 0 aliphatic rings. The second-order valence-electron chi connectivity index (χ2n) is 14.3. The van der Waals surface area contributed by atoms with Crippen molar-refractivity contribution in [2.24, 2.45) is 0 Å². The predicted molar refractivity (Wildman–Crippen MR) is 201 cm³/mol. The Bertz CT molecular complexity index is 886. The fourth-order valence-electron chi connectivity index (χ4n) is 5.16. The van der Waals surface area contributed by atoms with Crippen LogP contribution in [0.5, 0.6) is 0 Å². The Morgan fingerprint density at radius 3 is 1.73 bits per heavy atom. The molecule has 0 aliphatic heterocycles. The molecule has 3 atom stereocenters. The molecule has 0 aromatic rings. The third-order valence-corrected chi connectivity index (χ3v) is 9.29. The SMILES string of the molecule is CCCCC/C=C/CC/C=C/C(O)C(COP(=O)([O-])OCC[N+](C)(C)C)NC(=O)CCCCCCCCC/C=C\CCCCCCCC. The van der Waals surface area contributed by atoms with Crippen molar-refractivity contribution < 1.29 is 32.9 Å². The number of hydrogen-bond acceptors (Lipinski definition) is 6. The maximum absolute atomic E-state index is 12.8. The van der Waals surface area contributed by atoms with Crippen LogP contribution in [0.25, 0.3) is 0 Å². The molecule has 0 fully saturated rings. The molecule has 0 saturated heterocycles. The molecule has 0 rings (SSSR count). The zero-order valence-electron chi connectivity index (χ0n) is 31.7. The number of allylic oxidation sites excluding steroid dienone is 5. The summed E-state index contributed by atoms with van der Waals surface area (Å²) in [7, 11) is 1.23. The molecule has 0 spiro atoms. The third-order valence-electron chi connectivity index (χ3n) is 8.32. The second kappa shape index (κ2) is 31.7. The van der Waals surface area contributed by atoms with E-state index in [1.54, 1.807) is 6.08 Å². The molecular weight excluding hydrogens is 623 g/mol. The monoisotopic (exact) mass is 699 g/mol. The summed E-state index contributed by atoms with van der Waals surface area (Å²) in [6, 6.07) is -0.901. The highest BCUT2D eigenvalue weighted by Gasteiger charge is 2.23. The van der Waals surface area contributed by atoms with E-state index in [1.165, 1.54) is 96.3 Å². The summed E-state index contributed by atoms with van der Waals surface area (Å²) >= 11 is 0. The summed E-state index contributed by atoms with van der Waals surface area (Å²) in [6.07, 6.45) is 36.2. The van der Waals surface area contributed by atoms with E-state index < -0.39 is 26.6 Å². The second-order valence-corrected chi connectivity index (χ2v) is 15.7. The Labute approximate surface area is 296 Å². The number of nitrogens with one attached hydrogen (secondary N) is 1. The Kier molecular flexibility index (Phi) is 30.8. The van der Waals surface area contributed by atoms with Gasteiger partial charge in [0.15, 0.2) is 0 Å². The molecule has 0 heterocycles. The Balaban J connectivity index is 4.46. The van der Waals surface area contributed by atoms with Crippen molar-refractivity contribution in [1.82, 2.24) is 5.32 Å². The van der Waals surface area contributed by atoms with E-state index in [0.29, 0.717) is 17.4 Å². The average Bonchev–Trinajstić information content (AvgIpc) is 3.02. The maximum Gasteiger partial charge on any atom is 0.268 e. The number of likely N-dealkylation sites (N-methyl/N-ethyl adjacent to an activating group) is 1.